The van der Waals surface area contributed by atoms with Crippen LogP contribution in [0, 0.1) is 0 Å². The standard InChI is InChI=1S/C27H22O5S/c1-19(28)32-27-16-14-23(18-25(27)21-11-7-4-8-12-21)33(29,30)22-13-15-26(31-2)24(17-22)20-9-5-3-6-10-20/h3-18H,1-2H3. The lowest BCUT2D eigenvalue weighted by atomic mass is 10.0. The Kier molecular flexibility index (Phi) is 6.29. The van der Waals surface area contributed by atoms with Gasteiger partial charge in [-0.25, -0.2) is 8.42 Å². The first-order chi connectivity index (χ1) is 15.9. The molecule has 6 heteroatoms. The molecule has 4 aromatic carbocycles. The SMILES string of the molecule is COc1ccc(S(=O)(=O)c2ccc(OC(C)=O)c(-c3ccccc3)c2)cc1-c1ccccc1. The van der Waals surface area contributed by atoms with Crippen LogP contribution in [0.4, 0.5) is 0 Å². The fraction of sp³-hybridized carbons (Fsp3) is 0.0741. The van der Waals surface area contributed by atoms with Crippen LogP contribution in [-0.4, -0.2) is 21.5 Å². The van der Waals surface area contributed by atoms with Crippen molar-refractivity contribution in [2.75, 3.05) is 7.11 Å². The lowest BCUT2D eigenvalue weighted by molar-refractivity contribution is -0.131. The summed E-state index contributed by atoms with van der Waals surface area (Å²) in [5.41, 5.74) is 2.79. The summed E-state index contributed by atoms with van der Waals surface area (Å²) in [6.45, 7) is 1.31. The number of ether oxygens (including phenoxy) is 2. The molecule has 166 valence electrons. The summed E-state index contributed by atoms with van der Waals surface area (Å²) >= 11 is 0. The maximum absolute atomic E-state index is 13.6. The van der Waals surface area contributed by atoms with Gasteiger partial charge in [-0.15, -0.1) is 0 Å². The van der Waals surface area contributed by atoms with Gasteiger partial charge in [0.25, 0.3) is 0 Å². The largest absolute Gasteiger partial charge is 0.496 e. The second-order valence-electron chi connectivity index (χ2n) is 7.35. The molecular weight excluding hydrogens is 436 g/mol. The fourth-order valence-electron chi connectivity index (χ4n) is 3.60. The number of esters is 1. The Morgan fingerprint density at radius 3 is 1.58 bits per heavy atom. The first-order valence-corrected chi connectivity index (χ1v) is 11.7. The molecule has 33 heavy (non-hydrogen) atoms. The van der Waals surface area contributed by atoms with Crippen LogP contribution in [0.1, 0.15) is 6.92 Å². The van der Waals surface area contributed by atoms with E-state index in [1.54, 1.807) is 19.2 Å². The van der Waals surface area contributed by atoms with E-state index in [9.17, 15) is 13.2 Å². The Morgan fingerprint density at radius 2 is 1.12 bits per heavy atom. The minimum atomic E-state index is -3.87. The summed E-state index contributed by atoms with van der Waals surface area (Å²) < 4.78 is 38.0. The van der Waals surface area contributed by atoms with Crippen LogP contribution in [0.25, 0.3) is 22.3 Å². The topological polar surface area (TPSA) is 69.7 Å². The van der Waals surface area contributed by atoms with Crippen LogP contribution in [0.2, 0.25) is 0 Å². The van der Waals surface area contributed by atoms with Crippen molar-refractivity contribution >= 4 is 15.8 Å². The Labute approximate surface area is 193 Å². The fourth-order valence-corrected chi connectivity index (χ4v) is 4.91. The van der Waals surface area contributed by atoms with Gasteiger partial charge in [0, 0.05) is 18.1 Å². The molecule has 0 amide bonds. The van der Waals surface area contributed by atoms with Gasteiger partial charge >= 0.3 is 5.97 Å². The maximum atomic E-state index is 13.6. The Hall–Kier alpha value is -3.90. The number of sulfone groups is 1. The van der Waals surface area contributed by atoms with Crippen molar-refractivity contribution in [1.82, 2.24) is 0 Å². The molecule has 0 aliphatic heterocycles. The van der Waals surface area contributed by atoms with Gasteiger partial charge in [0.15, 0.2) is 0 Å². The quantitative estimate of drug-likeness (QED) is 0.270. The molecule has 0 fully saturated rings. The van der Waals surface area contributed by atoms with E-state index in [0.717, 1.165) is 11.1 Å². The zero-order valence-electron chi connectivity index (χ0n) is 18.2. The molecule has 4 aromatic rings. The van der Waals surface area contributed by atoms with Crippen molar-refractivity contribution in [3.8, 4) is 33.8 Å². The van der Waals surface area contributed by atoms with Crippen LogP contribution < -0.4 is 9.47 Å². The maximum Gasteiger partial charge on any atom is 0.308 e. The number of carbonyl (C=O) groups is 1. The van der Waals surface area contributed by atoms with E-state index in [-0.39, 0.29) is 9.79 Å². The number of hydrogen-bond donors (Lipinski definition) is 0. The lowest BCUT2D eigenvalue weighted by Crippen LogP contribution is -2.06. The van der Waals surface area contributed by atoms with Crippen LogP contribution >= 0.6 is 0 Å². The van der Waals surface area contributed by atoms with E-state index in [1.165, 1.54) is 31.2 Å². The molecule has 0 heterocycles. The van der Waals surface area contributed by atoms with Crippen molar-refractivity contribution < 1.29 is 22.7 Å². The van der Waals surface area contributed by atoms with Crippen molar-refractivity contribution in [2.45, 2.75) is 16.7 Å². The summed E-state index contributed by atoms with van der Waals surface area (Å²) in [4.78, 5) is 11.8. The highest BCUT2D eigenvalue weighted by Crippen LogP contribution is 2.37. The van der Waals surface area contributed by atoms with E-state index in [4.69, 9.17) is 9.47 Å². The first-order valence-electron chi connectivity index (χ1n) is 10.3. The molecule has 0 aliphatic rings. The summed E-state index contributed by atoms with van der Waals surface area (Å²) in [5, 5.41) is 0. The van der Waals surface area contributed by atoms with Crippen LogP contribution in [0.3, 0.4) is 0 Å². The van der Waals surface area contributed by atoms with Crippen LogP contribution in [0.5, 0.6) is 11.5 Å². The molecule has 0 spiro atoms. The van der Waals surface area contributed by atoms with Gasteiger partial charge in [0.2, 0.25) is 9.84 Å². The molecule has 0 atom stereocenters. The number of hydrogen-bond acceptors (Lipinski definition) is 5. The summed E-state index contributed by atoms with van der Waals surface area (Å²) in [7, 11) is -2.31. The Bertz CT molecular complexity index is 1400. The molecule has 0 saturated heterocycles. The Morgan fingerprint density at radius 1 is 0.667 bits per heavy atom. The van der Waals surface area contributed by atoms with Gasteiger partial charge in [-0.1, -0.05) is 60.7 Å². The zero-order valence-corrected chi connectivity index (χ0v) is 19.0. The van der Waals surface area contributed by atoms with E-state index in [2.05, 4.69) is 0 Å². The molecule has 0 unspecified atom stereocenters. The first kappa shape index (κ1) is 22.3. The predicted molar refractivity (Wildman–Crippen MR) is 127 cm³/mol. The second-order valence-corrected chi connectivity index (χ2v) is 9.30. The highest BCUT2D eigenvalue weighted by molar-refractivity contribution is 7.91. The molecular formula is C27H22O5S. The molecule has 5 nitrogen and oxygen atoms in total. The van der Waals surface area contributed by atoms with Crippen molar-refractivity contribution in [2.24, 2.45) is 0 Å². The van der Waals surface area contributed by atoms with E-state index >= 15 is 0 Å². The van der Waals surface area contributed by atoms with E-state index in [1.807, 2.05) is 60.7 Å². The third kappa shape index (κ3) is 4.66. The van der Waals surface area contributed by atoms with Crippen molar-refractivity contribution in [3.63, 3.8) is 0 Å². The minimum absolute atomic E-state index is 0.0985. The van der Waals surface area contributed by atoms with E-state index < -0.39 is 15.8 Å². The number of methoxy groups -OCH3 is 1. The number of carbonyl (C=O) groups excluding carboxylic acids is 1. The average Bonchev–Trinajstić information content (AvgIpc) is 2.84. The van der Waals surface area contributed by atoms with Gasteiger partial charge in [-0.05, 0) is 47.5 Å². The van der Waals surface area contributed by atoms with E-state index in [0.29, 0.717) is 22.6 Å². The minimum Gasteiger partial charge on any atom is -0.496 e. The van der Waals surface area contributed by atoms with Crippen LogP contribution in [0.15, 0.2) is 107 Å². The summed E-state index contributed by atoms with van der Waals surface area (Å²) in [6.07, 6.45) is 0. The smallest absolute Gasteiger partial charge is 0.308 e. The van der Waals surface area contributed by atoms with Crippen LogP contribution in [-0.2, 0) is 14.6 Å². The molecule has 4 rings (SSSR count). The summed E-state index contributed by atoms with van der Waals surface area (Å²) in [5.74, 6) is 0.396. The Balaban J connectivity index is 1.85. The van der Waals surface area contributed by atoms with Crippen molar-refractivity contribution in [1.29, 1.82) is 0 Å². The summed E-state index contributed by atoms with van der Waals surface area (Å²) in [6, 6.07) is 28.0. The monoisotopic (exact) mass is 458 g/mol. The third-order valence-electron chi connectivity index (χ3n) is 5.17. The normalized spacial score (nSPS) is 11.1. The van der Waals surface area contributed by atoms with Crippen molar-refractivity contribution in [3.05, 3.63) is 97.1 Å². The number of rotatable bonds is 6. The molecule has 0 N–H and O–H groups in total. The van der Waals surface area contributed by atoms with Gasteiger partial charge < -0.3 is 9.47 Å². The van der Waals surface area contributed by atoms with Gasteiger partial charge in [-0.2, -0.15) is 0 Å². The number of benzene rings is 4. The third-order valence-corrected chi connectivity index (χ3v) is 6.91. The highest BCUT2D eigenvalue weighted by Gasteiger charge is 2.22. The molecule has 0 radical (unpaired) electrons. The zero-order chi connectivity index (χ0) is 23.4. The highest BCUT2D eigenvalue weighted by atomic mass is 32.2. The average molecular weight is 459 g/mol. The molecule has 0 aliphatic carbocycles. The molecule has 0 bridgehead atoms. The molecule has 0 aromatic heterocycles. The predicted octanol–water partition coefficient (Wildman–Crippen LogP) is 5.79. The lowest BCUT2D eigenvalue weighted by Gasteiger charge is -2.14. The molecule has 0 saturated carbocycles. The second kappa shape index (κ2) is 9.30. The van der Waals surface area contributed by atoms with Gasteiger partial charge in [-0.3, -0.25) is 4.79 Å². The van der Waals surface area contributed by atoms with Gasteiger partial charge in [0.05, 0.1) is 16.9 Å². The van der Waals surface area contributed by atoms with Gasteiger partial charge in [0.1, 0.15) is 11.5 Å².